The minimum absolute atomic E-state index is 0.297. The SMILES string of the molecule is CCc1nn(CC)c(CC(O)c2ccc(F)cc2)c1Br. The quantitative estimate of drug-likeness (QED) is 0.902. The highest BCUT2D eigenvalue weighted by molar-refractivity contribution is 9.10. The van der Waals surface area contributed by atoms with Gasteiger partial charge in [-0.15, -0.1) is 0 Å². The topological polar surface area (TPSA) is 38.0 Å². The molecule has 108 valence electrons. The van der Waals surface area contributed by atoms with E-state index in [1.165, 1.54) is 12.1 Å². The molecule has 0 aliphatic rings. The number of benzene rings is 1. The van der Waals surface area contributed by atoms with Crippen LogP contribution in [0.5, 0.6) is 0 Å². The standard InChI is InChI=1S/C15H18BrFN2O/c1-3-12-15(16)13(19(4-2)18-12)9-14(20)10-5-7-11(17)8-6-10/h5-8,14,20H,3-4,9H2,1-2H3. The van der Waals surface area contributed by atoms with Crippen molar-refractivity contribution in [2.75, 3.05) is 0 Å². The largest absolute Gasteiger partial charge is 0.388 e. The molecule has 0 saturated carbocycles. The first-order valence-electron chi connectivity index (χ1n) is 6.74. The van der Waals surface area contributed by atoms with Crippen LogP contribution in [0.1, 0.15) is 36.9 Å². The Balaban J connectivity index is 2.25. The zero-order chi connectivity index (χ0) is 14.7. The highest BCUT2D eigenvalue weighted by atomic mass is 79.9. The number of aliphatic hydroxyl groups excluding tert-OH is 1. The Bertz CT molecular complexity index is 580. The lowest BCUT2D eigenvalue weighted by Gasteiger charge is -2.12. The van der Waals surface area contributed by atoms with Crippen LogP contribution in [-0.2, 0) is 19.4 Å². The zero-order valence-electron chi connectivity index (χ0n) is 11.6. The summed E-state index contributed by atoms with van der Waals surface area (Å²) in [5.74, 6) is -0.297. The van der Waals surface area contributed by atoms with Crippen molar-refractivity contribution in [3.05, 3.63) is 51.5 Å². The van der Waals surface area contributed by atoms with Gasteiger partial charge in [0.2, 0.25) is 0 Å². The number of aromatic nitrogens is 2. The second-order valence-electron chi connectivity index (χ2n) is 4.65. The maximum Gasteiger partial charge on any atom is 0.123 e. The lowest BCUT2D eigenvalue weighted by Crippen LogP contribution is -2.09. The van der Waals surface area contributed by atoms with Crippen LogP contribution in [0.2, 0.25) is 0 Å². The first kappa shape index (κ1) is 15.2. The summed E-state index contributed by atoms with van der Waals surface area (Å²) in [4.78, 5) is 0. The van der Waals surface area contributed by atoms with Gasteiger partial charge in [-0.1, -0.05) is 19.1 Å². The van der Waals surface area contributed by atoms with Gasteiger partial charge in [0, 0.05) is 13.0 Å². The molecular formula is C15H18BrFN2O. The number of rotatable bonds is 5. The number of hydrogen-bond acceptors (Lipinski definition) is 2. The molecule has 0 bridgehead atoms. The van der Waals surface area contributed by atoms with Crippen molar-refractivity contribution < 1.29 is 9.50 Å². The molecule has 5 heteroatoms. The Morgan fingerprint density at radius 1 is 1.30 bits per heavy atom. The van der Waals surface area contributed by atoms with Crippen LogP contribution < -0.4 is 0 Å². The molecule has 0 amide bonds. The molecule has 0 saturated heterocycles. The van der Waals surface area contributed by atoms with Crippen molar-refractivity contribution in [3.8, 4) is 0 Å². The summed E-state index contributed by atoms with van der Waals surface area (Å²) in [6, 6.07) is 5.95. The van der Waals surface area contributed by atoms with Gasteiger partial charge < -0.3 is 5.11 Å². The molecule has 0 spiro atoms. The Morgan fingerprint density at radius 2 is 1.95 bits per heavy atom. The van der Waals surface area contributed by atoms with Gasteiger partial charge in [0.25, 0.3) is 0 Å². The van der Waals surface area contributed by atoms with Crippen molar-refractivity contribution in [1.29, 1.82) is 0 Å². The average molecular weight is 341 g/mol. The number of halogens is 2. The summed E-state index contributed by atoms with van der Waals surface area (Å²) in [7, 11) is 0. The van der Waals surface area contributed by atoms with Gasteiger partial charge in [0.05, 0.1) is 22.0 Å². The first-order chi connectivity index (χ1) is 9.56. The summed E-state index contributed by atoms with van der Waals surface area (Å²) in [5.41, 5.74) is 2.68. The molecular weight excluding hydrogens is 323 g/mol. The van der Waals surface area contributed by atoms with Gasteiger partial charge >= 0.3 is 0 Å². The Kier molecular flexibility index (Phi) is 4.94. The molecule has 0 aliphatic carbocycles. The number of nitrogens with zero attached hydrogens (tertiary/aromatic N) is 2. The molecule has 1 aromatic heterocycles. The predicted octanol–water partition coefficient (Wildman–Crippen LogP) is 3.64. The molecule has 0 fully saturated rings. The molecule has 20 heavy (non-hydrogen) atoms. The van der Waals surface area contributed by atoms with Crippen LogP contribution in [0.3, 0.4) is 0 Å². The molecule has 1 N–H and O–H groups in total. The van der Waals surface area contributed by atoms with Crippen LogP contribution in [0.25, 0.3) is 0 Å². The zero-order valence-corrected chi connectivity index (χ0v) is 13.2. The molecule has 0 radical (unpaired) electrons. The maximum absolute atomic E-state index is 12.9. The Hall–Kier alpha value is -1.20. The van der Waals surface area contributed by atoms with Gasteiger partial charge in [0.15, 0.2) is 0 Å². The van der Waals surface area contributed by atoms with E-state index in [0.29, 0.717) is 12.0 Å². The van der Waals surface area contributed by atoms with E-state index < -0.39 is 6.10 Å². The fourth-order valence-electron chi connectivity index (χ4n) is 2.20. The van der Waals surface area contributed by atoms with Crippen LogP contribution in [0.4, 0.5) is 4.39 Å². The van der Waals surface area contributed by atoms with E-state index in [-0.39, 0.29) is 5.82 Å². The number of aryl methyl sites for hydroxylation is 2. The highest BCUT2D eigenvalue weighted by Gasteiger charge is 2.18. The monoisotopic (exact) mass is 340 g/mol. The average Bonchev–Trinajstić information content (AvgIpc) is 2.76. The fraction of sp³-hybridized carbons (Fsp3) is 0.400. The molecule has 1 unspecified atom stereocenters. The normalized spacial score (nSPS) is 12.7. The molecule has 1 heterocycles. The third kappa shape index (κ3) is 3.10. The summed E-state index contributed by atoms with van der Waals surface area (Å²) in [6.07, 6.45) is 0.624. The Labute approximate surface area is 126 Å². The number of aliphatic hydroxyl groups is 1. The van der Waals surface area contributed by atoms with Crippen molar-refractivity contribution in [2.45, 2.75) is 39.3 Å². The molecule has 1 aromatic carbocycles. The van der Waals surface area contributed by atoms with E-state index in [4.69, 9.17) is 0 Å². The van der Waals surface area contributed by atoms with E-state index in [9.17, 15) is 9.50 Å². The van der Waals surface area contributed by atoms with Gasteiger partial charge in [0.1, 0.15) is 5.82 Å². The first-order valence-corrected chi connectivity index (χ1v) is 7.53. The van der Waals surface area contributed by atoms with E-state index in [1.54, 1.807) is 12.1 Å². The minimum Gasteiger partial charge on any atom is -0.388 e. The van der Waals surface area contributed by atoms with Gasteiger partial charge in [-0.2, -0.15) is 5.10 Å². The predicted molar refractivity (Wildman–Crippen MR) is 80.0 cm³/mol. The summed E-state index contributed by atoms with van der Waals surface area (Å²) in [5, 5.41) is 14.8. The van der Waals surface area contributed by atoms with E-state index in [0.717, 1.165) is 28.8 Å². The maximum atomic E-state index is 12.9. The second kappa shape index (κ2) is 6.50. The molecule has 0 aliphatic heterocycles. The molecule has 1 atom stereocenters. The van der Waals surface area contributed by atoms with Crippen molar-refractivity contribution in [3.63, 3.8) is 0 Å². The molecule has 2 aromatic rings. The Morgan fingerprint density at radius 3 is 2.50 bits per heavy atom. The third-order valence-corrected chi connectivity index (χ3v) is 4.25. The van der Waals surface area contributed by atoms with Gasteiger partial charge in [-0.05, 0) is 47.0 Å². The summed E-state index contributed by atoms with van der Waals surface area (Å²) >= 11 is 3.56. The second-order valence-corrected chi connectivity index (χ2v) is 5.44. The van der Waals surface area contributed by atoms with Crippen LogP contribution >= 0.6 is 15.9 Å². The van der Waals surface area contributed by atoms with E-state index >= 15 is 0 Å². The van der Waals surface area contributed by atoms with Crippen LogP contribution in [0, 0.1) is 5.82 Å². The molecule has 3 nitrogen and oxygen atoms in total. The van der Waals surface area contributed by atoms with E-state index in [2.05, 4.69) is 21.0 Å². The van der Waals surface area contributed by atoms with Crippen molar-refractivity contribution in [1.82, 2.24) is 9.78 Å². The fourth-order valence-corrected chi connectivity index (χ4v) is 2.92. The van der Waals surface area contributed by atoms with Crippen molar-refractivity contribution >= 4 is 15.9 Å². The van der Waals surface area contributed by atoms with Crippen LogP contribution in [0.15, 0.2) is 28.7 Å². The lowest BCUT2D eigenvalue weighted by molar-refractivity contribution is 0.175. The molecule has 2 rings (SSSR count). The van der Waals surface area contributed by atoms with Crippen LogP contribution in [-0.4, -0.2) is 14.9 Å². The third-order valence-electron chi connectivity index (χ3n) is 3.34. The van der Waals surface area contributed by atoms with Gasteiger partial charge in [-0.3, -0.25) is 4.68 Å². The minimum atomic E-state index is -0.668. The van der Waals surface area contributed by atoms with Gasteiger partial charge in [-0.25, -0.2) is 4.39 Å². The lowest BCUT2D eigenvalue weighted by atomic mass is 10.0. The smallest absolute Gasteiger partial charge is 0.123 e. The summed E-state index contributed by atoms with van der Waals surface area (Å²) < 4.78 is 15.8. The van der Waals surface area contributed by atoms with Crippen molar-refractivity contribution in [2.24, 2.45) is 0 Å². The highest BCUT2D eigenvalue weighted by Crippen LogP contribution is 2.27. The summed E-state index contributed by atoms with van der Waals surface area (Å²) in [6.45, 7) is 4.82. The van der Waals surface area contributed by atoms with E-state index in [1.807, 2.05) is 18.5 Å². The number of hydrogen-bond donors (Lipinski definition) is 1.